The number of hydrogen-bond acceptors (Lipinski definition) is 3. The maximum Gasteiger partial charge on any atom is 0.356 e. The largest absolute Gasteiger partial charge is 0.507 e. The lowest BCUT2D eigenvalue weighted by molar-refractivity contribution is 0.0689. The van der Waals surface area contributed by atoms with Crippen LogP contribution in [-0.2, 0) is 7.05 Å². The Morgan fingerprint density at radius 2 is 2.11 bits per heavy atom. The number of rotatable bonds is 2. The molecule has 1 heterocycles. The summed E-state index contributed by atoms with van der Waals surface area (Å²) in [5, 5.41) is 22.3. The van der Waals surface area contributed by atoms with E-state index in [9.17, 15) is 14.3 Å². The van der Waals surface area contributed by atoms with E-state index in [1.807, 2.05) is 0 Å². The van der Waals surface area contributed by atoms with E-state index < -0.39 is 11.8 Å². The van der Waals surface area contributed by atoms with Gasteiger partial charge in [-0.05, 0) is 24.6 Å². The number of aromatic carboxylic acids is 1. The zero-order valence-electron chi connectivity index (χ0n) is 9.81. The number of nitrogens with zero attached hydrogens (tertiary/aromatic N) is 2. The highest BCUT2D eigenvalue weighted by Gasteiger charge is 2.19. The van der Waals surface area contributed by atoms with Crippen molar-refractivity contribution in [3.8, 4) is 17.0 Å². The zero-order chi connectivity index (χ0) is 13.4. The van der Waals surface area contributed by atoms with Crippen molar-refractivity contribution in [1.29, 1.82) is 0 Å². The molecular weight excluding hydrogens is 239 g/mol. The van der Waals surface area contributed by atoms with E-state index in [1.54, 1.807) is 6.92 Å². The van der Waals surface area contributed by atoms with Crippen molar-refractivity contribution >= 4 is 5.97 Å². The number of aromatic hydroxyl groups is 1. The number of aromatic nitrogens is 2. The first-order chi connectivity index (χ1) is 8.41. The molecule has 2 rings (SSSR count). The van der Waals surface area contributed by atoms with Crippen LogP contribution in [0.4, 0.5) is 4.39 Å². The van der Waals surface area contributed by atoms with E-state index in [1.165, 1.54) is 29.9 Å². The van der Waals surface area contributed by atoms with Crippen molar-refractivity contribution in [2.75, 3.05) is 0 Å². The summed E-state index contributed by atoms with van der Waals surface area (Å²) in [6.07, 6.45) is 0. The number of halogens is 1. The molecule has 0 radical (unpaired) electrons. The van der Waals surface area contributed by atoms with Gasteiger partial charge < -0.3 is 10.2 Å². The van der Waals surface area contributed by atoms with Crippen LogP contribution in [0.25, 0.3) is 11.3 Å². The number of hydrogen-bond donors (Lipinski definition) is 2. The molecule has 0 amide bonds. The van der Waals surface area contributed by atoms with Gasteiger partial charge in [0, 0.05) is 7.05 Å². The van der Waals surface area contributed by atoms with E-state index in [0.717, 1.165) is 0 Å². The van der Waals surface area contributed by atoms with Crippen LogP contribution in [0.1, 0.15) is 16.1 Å². The smallest absolute Gasteiger partial charge is 0.356 e. The molecular formula is C12H11FN2O3. The highest BCUT2D eigenvalue weighted by atomic mass is 19.1. The van der Waals surface area contributed by atoms with E-state index in [-0.39, 0.29) is 22.7 Å². The molecule has 94 valence electrons. The third-order valence-corrected chi connectivity index (χ3v) is 2.67. The van der Waals surface area contributed by atoms with Gasteiger partial charge in [-0.1, -0.05) is 6.07 Å². The molecule has 0 atom stereocenters. The van der Waals surface area contributed by atoms with Crippen LogP contribution in [0.5, 0.6) is 5.75 Å². The summed E-state index contributed by atoms with van der Waals surface area (Å²) < 4.78 is 15.2. The van der Waals surface area contributed by atoms with Crippen LogP contribution in [-0.4, -0.2) is 26.0 Å². The van der Waals surface area contributed by atoms with Gasteiger partial charge in [0.1, 0.15) is 11.6 Å². The summed E-state index contributed by atoms with van der Waals surface area (Å²) in [7, 11) is 1.49. The molecule has 1 aromatic heterocycles. The lowest BCUT2D eigenvalue weighted by Gasteiger charge is -2.08. The topological polar surface area (TPSA) is 75.3 Å². The number of carboxylic acid groups (broad SMARTS) is 1. The second-order valence-electron chi connectivity index (χ2n) is 3.93. The van der Waals surface area contributed by atoms with Crippen molar-refractivity contribution in [2.24, 2.45) is 7.05 Å². The Labute approximate surface area is 102 Å². The molecule has 6 heteroatoms. The maximum absolute atomic E-state index is 14.0. The van der Waals surface area contributed by atoms with Crippen LogP contribution in [0.3, 0.4) is 0 Å². The van der Waals surface area contributed by atoms with Crippen LogP contribution < -0.4 is 0 Å². The molecule has 2 aromatic rings. The van der Waals surface area contributed by atoms with Crippen molar-refractivity contribution in [3.63, 3.8) is 0 Å². The van der Waals surface area contributed by atoms with Gasteiger partial charge in [0.15, 0.2) is 5.69 Å². The van der Waals surface area contributed by atoms with Gasteiger partial charge in [-0.2, -0.15) is 5.10 Å². The van der Waals surface area contributed by atoms with Crippen molar-refractivity contribution in [3.05, 3.63) is 35.3 Å². The molecule has 0 unspecified atom stereocenters. The van der Waals surface area contributed by atoms with Crippen LogP contribution >= 0.6 is 0 Å². The normalized spacial score (nSPS) is 10.6. The molecule has 0 saturated carbocycles. The van der Waals surface area contributed by atoms with Gasteiger partial charge in [0.05, 0.1) is 11.3 Å². The minimum atomic E-state index is -1.20. The Balaban J connectivity index is 2.69. The van der Waals surface area contributed by atoms with Gasteiger partial charge in [0.25, 0.3) is 0 Å². The number of carboxylic acids is 1. The molecule has 5 nitrogen and oxygen atoms in total. The summed E-state index contributed by atoms with van der Waals surface area (Å²) >= 11 is 0. The predicted octanol–water partition coefficient (Wildman–Crippen LogP) is 1.94. The Kier molecular flexibility index (Phi) is 2.78. The number of phenols is 1. The second-order valence-corrected chi connectivity index (χ2v) is 3.93. The molecule has 2 N–H and O–H groups in total. The quantitative estimate of drug-likeness (QED) is 0.854. The molecule has 0 saturated heterocycles. The van der Waals surface area contributed by atoms with E-state index in [0.29, 0.717) is 5.56 Å². The van der Waals surface area contributed by atoms with Crippen molar-refractivity contribution in [1.82, 2.24) is 9.78 Å². The van der Waals surface area contributed by atoms with Gasteiger partial charge in [-0.3, -0.25) is 4.68 Å². The minimum absolute atomic E-state index is 0.0440. The Hall–Kier alpha value is -2.37. The monoisotopic (exact) mass is 250 g/mol. The van der Waals surface area contributed by atoms with E-state index in [4.69, 9.17) is 5.11 Å². The summed E-state index contributed by atoms with van der Waals surface area (Å²) in [6, 6.07) is 4.03. The first-order valence-corrected chi connectivity index (χ1v) is 5.17. The molecule has 1 aromatic carbocycles. The first-order valence-electron chi connectivity index (χ1n) is 5.17. The fourth-order valence-corrected chi connectivity index (χ4v) is 1.72. The molecule has 18 heavy (non-hydrogen) atoms. The summed E-state index contributed by atoms with van der Waals surface area (Å²) in [4.78, 5) is 10.8. The summed E-state index contributed by atoms with van der Waals surface area (Å²) in [5.74, 6) is -2.04. The third-order valence-electron chi connectivity index (χ3n) is 2.67. The van der Waals surface area contributed by atoms with Gasteiger partial charge in [-0.15, -0.1) is 0 Å². The maximum atomic E-state index is 14.0. The Bertz CT molecular complexity index is 634. The van der Waals surface area contributed by atoms with Crippen LogP contribution in [0, 0.1) is 12.7 Å². The lowest BCUT2D eigenvalue weighted by Crippen LogP contribution is -2.00. The second kappa shape index (κ2) is 4.14. The predicted molar refractivity (Wildman–Crippen MR) is 62.0 cm³/mol. The highest BCUT2D eigenvalue weighted by Crippen LogP contribution is 2.33. The molecule has 0 bridgehead atoms. The molecule has 0 aliphatic rings. The average Bonchev–Trinajstić information content (AvgIpc) is 2.67. The first kappa shape index (κ1) is 12.1. The average molecular weight is 250 g/mol. The molecule has 0 fully saturated rings. The molecule has 0 aliphatic heterocycles. The number of aryl methyl sites for hydroxylation is 2. The number of carbonyl (C=O) groups is 1. The fourth-order valence-electron chi connectivity index (χ4n) is 1.72. The highest BCUT2D eigenvalue weighted by molar-refractivity contribution is 5.87. The SMILES string of the molecule is Cc1ccc(O)c(-c2cc(C(=O)O)nn2C)c1F. The summed E-state index contributed by atoms with van der Waals surface area (Å²) in [5.41, 5.74) is 0.331. The van der Waals surface area contributed by atoms with Gasteiger partial charge in [0.2, 0.25) is 0 Å². The Morgan fingerprint density at radius 3 is 2.67 bits per heavy atom. The van der Waals surface area contributed by atoms with Crippen LogP contribution in [0.2, 0.25) is 0 Å². The van der Waals surface area contributed by atoms with Crippen molar-refractivity contribution < 1.29 is 19.4 Å². The third kappa shape index (κ3) is 1.81. The zero-order valence-corrected chi connectivity index (χ0v) is 9.81. The minimum Gasteiger partial charge on any atom is -0.507 e. The fraction of sp³-hybridized carbons (Fsp3) is 0.167. The Morgan fingerprint density at radius 1 is 1.44 bits per heavy atom. The number of phenolic OH excluding ortho intramolecular Hbond substituents is 1. The van der Waals surface area contributed by atoms with Crippen LogP contribution in [0.15, 0.2) is 18.2 Å². The van der Waals surface area contributed by atoms with E-state index in [2.05, 4.69) is 5.10 Å². The number of benzene rings is 1. The summed E-state index contributed by atoms with van der Waals surface area (Å²) in [6.45, 7) is 1.56. The molecule has 0 aliphatic carbocycles. The van der Waals surface area contributed by atoms with E-state index >= 15 is 0 Å². The van der Waals surface area contributed by atoms with Crippen molar-refractivity contribution in [2.45, 2.75) is 6.92 Å². The van der Waals surface area contributed by atoms with Gasteiger partial charge >= 0.3 is 5.97 Å². The standard InChI is InChI=1S/C12H11FN2O3/c1-6-3-4-9(16)10(11(6)13)8-5-7(12(17)18)14-15(8)2/h3-5,16H,1-2H3,(H,17,18). The van der Waals surface area contributed by atoms with Gasteiger partial charge in [-0.25, -0.2) is 9.18 Å². The molecule has 0 spiro atoms. The lowest BCUT2D eigenvalue weighted by atomic mass is 10.1.